The minimum Gasteiger partial charge on any atom is -0.481 e. The van der Waals surface area contributed by atoms with Crippen LogP contribution in [0.2, 0.25) is 0 Å². The molecule has 17 heavy (non-hydrogen) atoms. The summed E-state index contributed by atoms with van der Waals surface area (Å²) in [6.45, 7) is 1.78. The molecule has 2 aliphatic rings. The SMILES string of the molecule is O=C(O)CCC1=C2C=CCN2Cn2cccc21. The zero-order chi connectivity index (χ0) is 11.8. The normalized spacial score (nSPS) is 17.3. The van der Waals surface area contributed by atoms with Crippen LogP contribution >= 0.6 is 0 Å². The van der Waals surface area contributed by atoms with Gasteiger partial charge in [0, 0.05) is 30.6 Å². The Morgan fingerprint density at radius 3 is 3.18 bits per heavy atom. The van der Waals surface area contributed by atoms with Crippen LogP contribution in [0.4, 0.5) is 0 Å². The summed E-state index contributed by atoms with van der Waals surface area (Å²) >= 11 is 0. The second-order valence-corrected chi connectivity index (χ2v) is 4.39. The quantitative estimate of drug-likeness (QED) is 0.862. The molecular weight excluding hydrogens is 216 g/mol. The van der Waals surface area contributed by atoms with Crippen LogP contribution in [0.5, 0.6) is 0 Å². The predicted molar refractivity (Wildman–Crippen MR) is 64.1 cm³/mol. The lowest BCUT2D eigenvalue weighted by molar-refractivity contribution is -0.136. The van der Waals surface area contributed by atoms with E-state index in [0.717, 1.165) is 24.5 Å². The van der Waals surface area contributed by atoms with Crippen molar-refractivity contribution in [3.63, 3.8) is 0 Å². The first-order chi connectivity index (χ1) is 8.25. The molecule has 3 heterocycles. The number of aliphatic carboxylic acids is 1. The first kappa shape index (κ1) is 10.2. The van der Waals surface area contributed by atoms with E-state index < -0.39 is 5.97 Å². The van der Waals surface area contributed by atoms with Crippen LogP contribution in [0.3, 0.4) is 0 Å². The topological polar surface area (TPSA) is 45.5 Å². The largest absolute Gasteiger partial charge is 0.481 e. The van der Waals surface area contributed by atoms with Gasteiger partial charge in [-0.1, -0.05) is 6.08 Å². The molecule has 0 aromatic carbocycles. The predicted octanol–water partition coefficient (Wildman–Crippen LogP) is 1.91. The second-order valence-electron chi connectivity index (χ2n) is 4.39. The molecule has 1 aromatic rings. The summed E-state index contributed by atoms with van der Waals surface area (Å²) in [4.78, 5) is 13.0. The highest BCUT2D eigenvalue weighted by Crippen LogP contribution is 2.33. The molecular formula is C13H14N2O2. The Bertz CT molecular complexity index is 525. The molecule has 88 valence electrons. The van der Waals surface area contributed by atoms with E-state index in [4.69, 9.17) is 5.11 Å². The van der Waals surface area contributed by atoms with Crippen LogP contribution in [0.25, 0.3) is 5.57 Å². The summed E-state index contributed by atoms with van der Waals surface area (Å²) < 4.78 is 2.17. The average molecular weight is 230 g/mol. The molecule has 0 spiro atoms. The highest BCUT2D eigenvalue weighted by molar-refractivity contribution is 5.75. The van der Waals surface area contributed by atoms with Gasteiger partial charge in [-0.3, -0.25) is 4.79 Å². The smallest absolute Gasteiger partial charge is 0.303 e. The van der Waals surface area contributed by atoms with Gasteiger partial charge in [0.05, 0.1) is 6.67 Å². The highest BCUT2D eigenvalue weighted by atomic mass is 16.4. The first-order valence-corrected chi connectivity index (χ1v) is 5.77. The maximum Gasteiger partial charge on any atom is 0.303 e. The number of carboxylic acid groups (broad SMARTS) is 1. The van der Waals surface area contributed by atoms with E-state index in [0.29, 0.717) is 6.42 Å². The second kappa shape index (κ2) is 3.80. The van der Waals surface area contributed by atoms with Crippen molar-refractivity contribution >= 4 is 11.5 Å². The minimum atomic E-state index is -0.740. The Kier molecular flexibility index (Phi) is 2.28. The van der Waals surface area contributed by atoms with Gasteiger partial charge in [-0.15, -0.1) is 0 Å². The average Bonchev–Trinajstić information content (AvgIpc) is 2.90. The maximum atomic E-state index is 10.7. The van der Waals surface area contributed by atoms with Crippen LogP contribution in [0.1, 0.15) is 18.5 Å². The zero-order valence-corrected chi connectivity index (χ0v) is 9.47. The van der Waals surface area contributed by atoms with E-state index >= 15 is 0 Å². The first-order valence-electron chi connectivity index (χ1n) is 5.77. The van der Waals surface area contributed by atoms with E-state index in [1.54, 1.807) is 0 Å². The summed E-state index contributed by atoms with van der Waals surface area (Å²) in [5, 5.41) is 8.82. The van der Waals surface area contributed by atoms with E-state index in [1.165, 1.54) is 5.70 Å². The van der Waals surface area contributed by atoms with Crippen molar-refractivity contribution in [2.45, 2.75) is 19.5 Å². The maximum absolute atomic E-state index is 10.7. The van der Waals surface area contributed by atoms with Crippen LogP contribution in [-0.2, 0) is 11.5 Å². The molecule has 2 aliphatic heterocycles. The molecule has 1 aromatic heterocycles. The summed E-state index contributed by atoms with van der Waals surface area (Å²) in [5.74, 6) is -0.740. The summed E-state index contributed by atoms with van der Waals surface area (Å²) in [5.41, 5.74) is 3.50. The molecule has 4 nitrogen and oxygen atoms in total. The van der Waals surface area contributed by atoms with Gasteiger partial charge in [-0.25, -0.2) is 0 Å². The van der Waals surface area contributed by atoms with Gasteiger partial charge in [0.15, 0.2) is 0 Å². The standard InChI is InChI=1S/C13H14N2O2/c16-13(17)6-5-10-11-3-1-7-14(11)9-15-8-2-4-12(10)15/h1-4,7H,5-6,8-9H2,(H,16,17). The van der Waals surface area contributed by atoms with E-state index in [-0.39, 0.29) is 6.42 Å². The summed E-state index contributed by atoms with van der Waals surface area (Å²) in [7, 11) is 0. The number of hydrogen-bond donors (Lipinski definition) is 1. The number of fused-ring (bicyclic) bond motifs is 2. The van der Waals surface area contributed by atoms with Gasteiger partial charge in [-0.05, 0) is 30.2 Å². The molecule has 0 bridgehead atoms. The van der Waals surface area contributed by atoms with Crippen molar-refractivity contribution in [3.8, 4) is 0 Å². The Labute approximate surface area is 99.5 Å². The molecule has 0 aliphatic carbocycles. The molecule has 4 heteroatoms. The lowest BCUT2D eigenvalue weighted by Gasteiger charge is -2.30. The third kappa shape index (κ3) is 1.65. The third-order valence-corrected chi connectivity index (χ3v) is 3.30. The van der Waals surface area contributed by atoms with Gasteiger partial charge in [0.2, 0.25) is 0 Å². The van der Waals surface area contributed by atoms with Gasteiger partial charge in [0.1, 0.15) is 0 Å². The Hall–Kier alpha value is -1.97. The molecule has 0 amide bonds. The fourth-order valence-electron chi connectivity index (χ4n) is 2.54. The number of aromatic nitrogens is 1. The monoisotopic (exact) mass is 230 g/mol. The number of rotatable bonds is 3. The van der Waals surface area contributed by atoms with E-state index in [2.05, 4.69) is 27.7 Å². The molecule has 3 rings (SSSR count). The van der Waals surface area contributed by atoms with Crippen molar-refractivity contribution in [3.05, 3.63) is 41.9 Å². The molecule has 0 unspecified atom stereocenters. The fourth-order valence-corrected chi connectivity index (χ4v) is 2.54. The van der Waals surface area contributed by atoms with Crippen LogP contribution in [-0.4, -0.2) is 27.1 Å². The number of carbonyl (C=O) groups is 1. The lowest BCUT2D eigenvalue weighted by Crippen LogP contribution is -2.28. The number of carboxylic acids is 1. The number of allylic oxidation sites excluding steroid dienone is 2. The fraction of sp³-hybridized carbons (Fsp3) is 0.308. The third-order valence-electron chi connectivity index (χ3n) is 3.30. The van der Waals surface area contributed by atoms with Crippen molar-refractivity contribution in [2.75, 3.05) is 6.54 Å². The summed E-state index contributed by atoms with van der Waals surface area (Å²) in [6, 6.07) is 4.08. The van der Waals surface area contributed by atoms with Crippen LogP contribution in [0.15, 0.2) is 36.2 Å². The minimum absolute atomic E-state index is 0.186. The van der Waals surface area contributed by atoms with Crippen LogP contribution in [0, 0.1) is 0 Å². The Morgan fingerprint density at radius 2 is 2.35 bits per heavy atom. The van der Waals surface area contributed by atoms with Gasteiger partial charge < -0.3 is 14.6 Å². The molecule has 0 atom stereocenters. The van der Waals surface area contributed by atoms with Gasteiger partial charge in [-0.2, -0.15) is 0 Å². The van der Waals surface area contributed by atoms with Crippen molar-refractivity contribution in [1.82, 2.24) is 9.47 Å². The zero-order valence-electron chi connectivity index (χ0n) is 9.47. The summed E-state index contributed by atoms with van der Waals surface area (Å²) in [6.07, 6.45) is 7.06. The highest BCUT2D eigenvalue weighted by Gasteiger charge is 2.24. The molecule has 0 radical (unpaired) electrons. The van der Waals surface area contributed by atoms with Crippen molar-refractivity contribution < 1.29 is 9.90 Å². The van der Waals surface area contributed by atoms with Gasteiger partial charge in [0.25, 0.3) is 0 Å². The van der Waals surface area contributed by atoms with Crippen LogP contribution < -0.4 is 0 Å². The van der Waals surface area contributed by atoms with Gasteiger partial charge >= 0.3 is 5.97 Å². The Balaban J connectivity index is 1.99. The Morgan fingerprint density at radius 1 is 1.47 bits per heavy atom. The van der Waals surface area contributed by atoms with E-state index in [9.17, 15) is 4.79 Å². The van der Waals surface area contributed by atoms with E-state index in [1.807, 2.05) is 12.3 Å². The molecule has 0 fully saturated rings. The molecule has 0 saturated heterocycles. The molecule has 0 saturated carbocycles. The number of nitrogens with zero attached hydrogens (tertiary/aromatic N) is 2. The van der Waals surface area contributed by atoms with Crippen molar-refractivity contribution in [1.29, 1.82) is 0 Å². The lowest BCUT2D eigenvalue weighted by atomic mass is 10.0. The number of hydrogen-bond acceptors (Lipinski definition) is 2. The van der Waals surface area contributed by atoms with Crippen molar-refractivity contribution in [2.24, 2.45) is 0 Å². The molecule has 1 N–H and O–H groups in total.